The standard InChI is InChI=1S/C7H11NO/c8-7(9)5-2-1-4-3-6(4)5/h4-6H,1-3H2,(H2,8,9)/t4-,5-,6+/m0/s1. The molecule has 0 heterocycles. The molecule has 0 radical (unpaired) electrons. The molecule has 2 rings (SSSR count). The Morgan fingerprint density at radius 3 is 2.44 bits per heavy atom. The average molecular weight is 125 g/mol. The summed E-state index contributed by atoms with van der Waals surface area (Å²) in [5.74, 6) is 1.75. The van der Waals surface area contributed by atoms with Gasteiger partial charge in [-0.15, -0.1) is 0 Å². The summed E-state index contributed by atoms with van der Waals surface area (Å²) < 4.78 is 0. The SMILES string of the molecule is NC(=O)[C@H]1CC[C@H]2C[C@H]21. The Morgan fingerprint density at radius 1 is 1.44 bits per heavy atom. The lowest BCUT2D eigenvalue weighted by Gasteiger charge is -2.03. The zero-order valence-corrected chi connectivity index (χ0v) is 5.34. The van der Waals surface area contributed by atoms with E-state index in [1.54, 1.807) is 0 Å². The average Bonchev–Trinajstić information content (AvgIpc) is 2.43. The van der Waals surface area contributed by atoms with Crippen molar-refractivity contribution in [2.24, 2.45) is 23.5 Å². The largest absolute Gasteiger partial charge is 0.369 e. The highest BCUT2D eigenvalue weighted by molar-refractivity contribution is 5.77. The molecule has 2 saturated carbocycles. The van der Waals surface area contributed by atoms with E-state index in [2.05, 4.69) is 0 Å². The number of primary amides is 1. The fourth-order valence-electron chi connectivity index (χ4n) is 2.06. The van der Waals surface area contributed by atoms with E-state index >= 15 is 0 Å². The van der Waals surface area contributed by atoms with E-state index in [1.165, 1.54) is 12.8 Å². The smallest absolute Gasteiger partial charge is 0.220 e. The van der Waals surface area contributed by atoms with Crippen molar-refractivity contribution in [2.75, 3.05) is 0 Å². The molecule has 0 aliphatic heterocycles. The highest BCUT2D eigenvalue weighted by atomic mass is 16.1. The Balaban J connectivity index is 2.06. The first-order valence-electron chi connectivity index (χ1n) is 3.58. The fourth-order valence-corrected chi connectivity index (χ4v) is 2.06. The minimum atomic E-state index is -0.0694. The van der Waals surface area contributed by atoms with Gasteiger partial charge in [-0.3, -0.25) is 4.79 Å². The Bertz CT molecular complexity index is 155. The second-order valence-corrected chi connectivity index (χ2v) is 3.25. The van der Waals surface area contributed by atoms with Crippen LogP contribution in [0.5, 0.6) is 0 Å². The second kappa shape index (κ2) is 1.49. The molecule has 0 unspecified atom stereocenters. The molecule has 0 spiro atoms. The molecule has 3 atom stereocenters. The Kier molecular flexibility index (Phi) is 0.875. The van der Waals surface area contributed by atoms with Crippen molar-refractivity contribution in [3.8, 4) is 0 Å². The van der Waals surface area contributed by atoms with Crippen LogP contribution in [0.25, 0.3) is 0 Å². The van der Waals surface area contributed by atoms with Gasteiger partial charge in [0.25, 0.3) is 0 Å². The van der Waals surface area contributed by atoms with Gasteiger partial charge in [0.05, 0.1) is 0 Å². The maximum absolute atomic E-state index is 10.7. The molecule has 50 valence electrons. The van der Waals surface area contributed by atoms with Crippen molar-refractivity contribution in [3.63, 3.8) is 0 Å². The van der Waals surface area contributed by atoms with Gasteiger partial charge in [0.2, 0.25) is 5.91 Å². The third kappa shape index (κ3) is 0.655. The summed E-state index contributed by atoms with van der Waals surface area (Å²) in [6.45, 7) is 0. The van der Waals surface area contributed by atoms with Gasteiger partial charge in [-0.2, -0.15) is 0 Å². The van der Waals surface area contributed by atoms with Crippen molar-refractivity contribution < 1.29 is 4.79 Å². The van der Waals surface area contributed by atoms with Crippen LogP contribution in [0.1, 0.15) is 19.3 Å². The van der Waals surface area contributed by atoms with E-state index in [4.69, 9.17) is 5.73 Å². The van der Waals surface area contributed by atoms with Crippen LogP contribution in [0.2, 0.25) is 0 Å². The first-order chi connectivity index (χ1) is 4.29. The summed E-state index contributed by atoms with van der Waals surface area (Å²) in [5.41, 5.74) is 5.18. The number of fused-ring (bicyclic) bond motifs is 1. The fraction of sp³-hybridized carbons (Fsp3) is 0.857. The third-order valence-corrected chi connectivity index (χ3v) is 2.71. The van der Waals surface area contributed by atoms with E-state index in [9.17, 15) is 4.79 Å². The molecule has 1 amide bonds. The third-order valence-electron chi connectivity index (χ3n) is 2.71. The number of hydrogen-bond donors (Lipinski definition) is 1. The second-order valence-electron chi connectivity index (χ2n) is 3.25. The molecule has 2 nitrogen and oxygen atoms in total. The van der Waals surface area contributed by atoms with Crippen LogP contribution in [0, 0.1) is 17.8 Å². The van der Waals surface area contributed by atoms with Gasteiger partial charge in [0.15, 0.2) is 0 Å². The maximum Gasteiger partial charge on any atom is 0.220 e. The van der Waals surface area contributed by atoms with E-state index in [-0.39, 0.29) is 11.8 Å². The van der Waals surface area contributed by atoms with Crippen LogP contribution in [-0.4, -0.2) is 5.91 Å². The molecular weight excluding hydrogens is 114 g/mol. The normalized spacial score (nSPS) is 46.4. The monoisotopic (exact) mass is 125 g/mol. The van der Waals surface area contributed by atoms with E-state index in [0.717, 1.165) is 12.3 Å². The van der Waals surface area contributed by atoms with E-state index in [0.29, 0.717) is 5.92 Å². The molecule has 2 fully saturated rings. The van der Waals surface area contributed by atoms with Crippen LogP contribution in [0.15, 0.2) is 0 Å². The molecule has 0 bridgehead atoms. The lowest BCUT2D eigenvalue weighted by Crippen LogP contribution is -2.22. The molecule has 0 aromatic heterocycles. The molecule has 0 aromatic rings. The lowest BCUT2D eigenvalue weighted by molar-refractivity contribution is -0.122. The molecule has 0 saturated heterocycles. The summed E-state index contributed by atoms with van der Waals surface area (Å²) in [5, 5.41) is 0. The minimum absolute atomic E-state index is 0.0694. The summed E-state index contributed by atoms with van der Waals surface area (Å²) in [7, 11) is 0. The number of hydrogen-bond acceptors (Lipinski definition) is 1. The number of carbonyl (C=O) groups is 1. The summed E-state index contributed by atoms with van der Waals surface area (Å²) in [4.78, 5) is 10.7. The molecule has 2 N–H and O–H groups in total. The summed E-state index contributed by atoms with van der Waals surface area (Å²) in [6, 6.07) is 0. The predicted molar refractivity (Wildman–Crippen MR) is 33.5 cm³/mol. The summed E-state index contributed by atoms with van der Waals surface area (Å²) in [6.07, 6.45) is 3.58. The lowest BCUT2D eigenvalue weighted by atomic mass is 10.0. The molecule has 2 aliphatic rings. The van der Waals surface area contributed by atoms with Gasteiger partial charge >= 0.3 is 0 Å². The molecular formula is C7H11NO. The van der Waals surface area contributed by atoms with Gasteiger partial charge in [-0.25, -0.2) is 0 Å². The van der Waals surface area contributed by atoms with Crippen molar-refractivity contribution in [2.45, 2.75) is 19.3 Å². The topological polar surface area (TPSA) is 43.1 Å². The first kappa shape index (κ1) is 5.27. The van der Waals surface area contributed by atoms with Crippen molar-refractivity contribution >= 4 is 5.91 Å². The number of nitrogens with two attached hydrogens (primary N) is 1. The van der Waals surface area contributed by atoms with Crippen LogP contribution < -0.4 is 5.73 Å². The highest BCUT2D eigenvalue weighted by Crippen LogP contribution is 2.55. The summed E-state index contributed by atoms with van der Waals surface area (Å²) >= 11 is 0. The van der Waals surface area contributed by atoms with Crippen molar-refractivity contribution in [3.05, 3.63) is 0 Å². The zero-order valence-electron chi connectivity index (χ0n) is 5.34. The maximum atomic E-state index is 10.7. The zero-order chi connectivity index (χ0) is 6.43. The van der Waals surface area contributed by atoms with Gasteiger partial charge in [0, 0.05) is 5.92 Å². The highest BCUT2D eigenvalue weighted by Gasteiger charge is 2.49. The Labute approximate surface area is 54.4 Å². The van der Waals surface area contributed by atoms with Gasteiger partial charge in [-0.05, 0) is 31.1 Å². The van der Waals surface area contributed by atoms with Crippen molar-refractivity contribution in [1.29, 1.82) is 0 Å². The minimum Gasteiger partial charge on any atom is -0.369 e. The van der Waals surface area contributed by atoms with Crippen LogP contribution in [0.4, 0.5) is 0 Å². The van der Waals surface area contributed by atoms with E-state index in [1.807, 2.05) is 0 Å². The number of carbonyl (C=O) groups excluding carboxylic acids is 1. The van der Waals surface area contributed by atoms with Crippen LogP contribution >= 0.6 is 0 Å². The van der Waals surface area contributed by atoms with Crippen LogP contribution in [-0.2, 0) is 4.79 Å². The van der Waals surface area contributed by atoms with Gasteiger partial charge in [-0.1, -0.05) is 0 Å². The quantitative estimate of drug-likeness (QED) is 0.545. The number of rotatable bonds is 1. The van der Waals surface area contributed by atoms with E-state index < -0.39 is 0 Å². The van der Waals surface area contributed by atoms with Crippen LogP contribution in [0.3, 0.4) is 0 Å². The van der Waals surface area contributed by atoms with Gasteiger partial charge < -0.3 is 5.73 Å². The first-order valence-corrected chi connectivity index (χ1v) is 3.58. The number of amides is 1. The Hall–Kier alpha value is -0.530. The molecule has 2 heteroatoms. The molecule has 0 aromatic carbocycles. The molecule has 2 aliphatic carbocycles. The Morgan fingerprint density at radius 2 is 2.22 bits per heavy atom. The predicted octanol–water partition coefficient (Wildman–Crippen LogP) is 0.518. The van der Waals surface area contributed by atoms with Gasteiger partial charge in [0.1, 0.15) is 0 Å². The molecule has 9 heavy (non-hydrogen) atoms. The van der Waals surface area contributed by atoms with Crippen molar-refractivity contribution in [1.82, 2.24) is 0 Å².